The number of carbonyl (C=O) groups is 2. The average molecular weight is 423 g/mol. The molecule has 1 aliphatic rings. The third-order valence-corrected chi connectivity index (χ3v) is 5.88. The first kappa shape index (κ1) is 19.8. The lowest BCUT2D eigenvalue weighted by atomic mass is 9.95. The Kier molecular flexibility index (Phi) is 4.86. The molecule has 5 heteroatoms. The number of aromatic nitrogens is 1. The van der Waals surface area contributed by atoms with Gasteiger partial charge in [-0.1, -0.05) is 72.8 Å². The van der Waals surface area contributed by atoms with E-state index in [1.807, 2.05) is 71.3 Å². The van der Waals surface area contributed by atoms with Crippen molar-refractivity contribution in [1.29, 1.82) is 0 Å². The molecule has 0 radical (unpaired) electrons. The molecule has 32 heavy (non-hydrogen) atoms. The van der Waals surface area contributed by atoms with Crippen LogP contribution in [0.2, 0.25) is 0 Å². The number of rotatable bonds is 3. The molecule has 0 atom stereocenters. The molecule has 0 saturated carbocycles. The van der Waals surface area contributed by atoms with E-state index in [1.54, 1.807) is 0 Å². The SMILES string of the molecule is COC(=O)c1c(C(=O)OC)c2n(c1-c1ccccc1)-c1ccccc1Cc1ccccc1-2. The van der Waals surface area contributed by atoms with Gasteiger partial charge in [-0.05, 0) is 22.8 Å². The second kappa shape index (κ2) is 7.85. The van der Waals surface area contributed by atoms with Gasteiger partial charge in [0.05, 0.1) is 25.6 Å². The smallest absolute Gasteiger partial charge is 0.340 e. The predicted molar refractivity (Wildman–Crippen MR) is 122 cm³/mol. The number of carbonyl (C=O) groups excluding carboxylic acids is 2. The zero-order chi connectivity index (χ0) is 22.2. The molecule has 0 N–H and O–H groups in total. The van der Waals surface area contributed by atoms with Crippen LogP contribution in [-0.2, 0) is 15.9 Å². The number of ether oxygens (including phenoxy) is 2. The second-order valence-electron chi connectivity index (χ2n) is 7.59. The second-order valence-corrected chi connectivity index (χ2v) is 7.59. The van der Waals surface area contributed by atoms with Crippen molar-refractivity contribution < 1.29 is 19.1 Å². The fourth-order valence-electron chi connectivity index (χ4n) is 4.53. The van der Waals surface area contributed by atoms with Crippen molar-refractivity contribution in [3.8, 4) is 28.2 Å². The van der Waals surface area contributed by atoms with Crippen molar-refractivity contribution >= 4 is 11.9 Å². The van der Waals surface area contributed by atoms with Crippen LogP contribution in [0.3, 0.4) is 0 Å². The van der Waals surface area contributed by atoms with Crippen molar-refractivity contribution in [2.24, 2.45) is 0 Å². The molecule has 2 heterocycles. The number of methoxy groups -OCH3 is 2. The van der Waals surface area contributed by atoms with Crippen molar-refractivity contribution in [3.63, 3.8) is 0 Å². The molecule has 0 fully saturated rings. The van der Waals surface area contributed by atoms with Gasteiger partial charge in [0.1, 0.15) is 11.1 Å². The Morgan fingerprint density at radius 3 is 1.94 bits per heavy atom. The summed E-state index contributed by atoms with van der Waals surface area (Å²) in [5, 5.41) is 0. The first-order chi connectivity index (χ1) is 15.7. The maximum atomic E-state index is 13.2. The zero-order valence-corrected chi connectivity index (χ0v) is 17.8. The van der Waals surface area contributed by atoms with Crippen LogP contribution < -0.4 is 0 Å². The summed E-state index contributed by atoms with van der Waals surface area (Å²) in [5.41, 5.74) is 6.42. The molecule has 0 aliphatic carbocycles. The van der Waals surface area contributed by atoms with E-state index < -0.39 is 11.9 Å². The van der Waals surface area contributed by atoms with Gasteiger partial charge in [0.25, 0.3) is 0 Å². The van der Waals surface area contributed by atoms with Crippen LogP contribution in [0.5, 0.6) is 0 Å². The molecule has 158 valence electrons. The average Bonchev–Trinajstić information content (AvgIpc) is 3.12. The lowest BCUT2D eigenvalue weighted by Crippen LogP contribution is -2.11. The normalized spacial score (nSPS) is 11.6. The minimum Gasteiger partial charge on any atom is -0.465 e. The Morgan fingerprint density at radius 2 is 1.25 bits per heavy atom. The molecular formula is C27H21NO4. The quantitative estimate of drug-likeness (QED) is 0.370. The minimum atomic E-state index is -0.584. The summed E-state index contributed by atoms with van der Waals surface area (Å²) in [6.45, 7) is 0. The Morgan fingerprint density at radius 1 is 0.688 bits per heavy atom. The molecule has 0 saturated heterocycles. The maximum Gasteiger partial charge on any atom is 0.340 e. The van der Waals surface area contributed by atoms with Gasteiger partial charge < -0.3 is 14.0 Å². The van der Waals surface area contributed by atoms with Crippen LogP contribution in [-0.4, -0.2) is 30.7 Å². The van der Waals surface area contributed by atoms with Crippen molar-refractivity contribution in [3.05, 3.63) is 101 Å². The summed E-state index contributed by atoms with van der Waals surface area (Å²) in [5.74, 6) is -1.16. The van der Waals surface area contributed by atoms with Gasteiger partial charge in [0.15, 0.2) is 0 Å². The number of para-hydroxylation sites is 1. The zero-order valence-electron chi connectivity index (χ0n) is 17.8. The number of hydrogen-bond donors (Lipinski definition) is 0. The molecular weight excluding hydrogens is 402 g/mol. The molecule has 5 rings (SSSR count). The Hall–Kier alpha value is -4.12. The monoisotopic (exact) mass is 423 g/mol. The fourth-order valence-corrected chi connectivity index (χ4v) is 4.53. The molecule has 3 aromatic carbocycles. The first-order valence-electron chi connectivity index (χ1n) is 10.3. The number of benzene rings is 3. The van der Waals surface area contributed by atoms with Crippen LogP contribution in [0.25, 0.3) is 28.2 Å². The summed E-state index contributed by atoms with van der Waals surface area (Å²) < 4.78 is 12.3. The highest BCUT2D eigenvalue weighted by atomic mass is 16.5. The third-order valence-electron chi connectivity index (χ3n) is 5.88. The molecule has 0 bridgehead atoms. The van der Waals surface area contributed by atoms with Crippen LogP contribution in [0.15, 0.2) is 78.9 Å². The van der Waals surface area contributed by atoms with Gasteiger partial charge in [-0.15, -0.1) is 0 Å². The van der Waals surface area contributed by atoms with Gasteiger partial charge >= 0.3 is 11.9 Å². The number of nitrogens with zero attached hydrogens (tertiary/aromatic N) is 1. The third kappa shape index (κ3) is 2.94. The lowest BCUT2D eigenvalue weighted by Gasteiger charge is -2.15. The van der Waals surface area contributed by atoms with Crippen LogP contribution in [0.1, 0.15) is 31.8 Å². The van der Waals surface area contributed by atoms with E-state index >= 15 is 0 Å². The fraction of sp³-hybridized carbons (Fsp3) is 0.111. The van der Waals surface area contributed by atoms with E-state index in [4.69, 9.17) is 9.47 Å². The van der Waals surface area contributed by atoms with Crippen LogP contribution in [0, 0.1) is 0 Å². The largest absolute Gasteiger partial charge is 0.465 e. The molecule has 0 amide bonds. The Labute approximate surface area is 185 Å². The molecule has 1 aromatic heterocycles. The number of esters is 2. The topological polar surface area (TPSA) is 57.5 Å². The van der Waals surface area contributed by atoms with E-state index in [0.29, 0.717) is 17.8 Å². The van der Waals surface area contributed by atoms with Gasteiger partial charge in [-0.25, -0.2) is 9.59 Å². The van der Waals surface area contributed by atoms with Crippen molar-refractivity contribution in [2.45, 2.75) is 6.42 Å². The Bertz CT molecular complexity index is 1350. The summed E-state index contributed by atoms with van der Waals surface area (Å²) in [7, 11) is 2.65. The van der Waals surface area contributed by atoms with Gasteiger partial charge in [0.2, 0.25) is 0 Å². The van der Waals surface area contributed by atoms with Gasteiger partial charge in [-0.3, -0.25) is 0 Å². The minimum absolute atomic E-state index is 0.201. The lowest BCUT2D eigenvalue weighted by molar-refractivity contribution is 0.0558. The summed E-state index contributed by atoms with van der Waals surface area (Å²) in [6, 6.07) is 25.6. The van der Waals surface area contributed by atoms with Gasteiger partial charge in [0, 0.05) is 17.7 Å². The van der Waals surface area contributed by atoms with Crippen LogP contribution in [0.4, 0.5) is 0 Å². The van der Waals surface area contributed by atoms with E-state index in [-0.39, 0.29) is 11.1 Å². The summed E-state index contributed by atoms with van der Waals surface area (Å²) >= 11 is 0. The van der Waals surface area contributed by atoms with Gasteiger partial charge in [-0.2, -0.15) is 0 Å². The highest BCUT2D eigenvalue weighted by molar-refractivity contribution is 6.13. The standard InChI is InChI=1S/C27H21NO4/c1-31-26(29)22-23(27(30)32-2)25-20-14-8-6-12-18(20)16-19-13-7-9-15-21(19)28(25)24(22)17-10-4-3-5-11-17/h3-15H,16H2,1-2H3. The van der Waals surface area contributed by atoms with E-state index in [1.165, 1.54) is 14.2 Å². The van der Waals surface area contributed by atoms with E-state index in [0.717, 1.165) is 27.9 Å². The summed E-state index contributed by atoms with van der Waals surface area (Å²) in [6.07, 6.45) is 0.705. The van der Waals surface area contributed by atoms with E-state index in [2.05, 4.69) is 12.1 Å². The highest BCUT2D eigenvalue weighted by Crippen LogP contribution is 2.44. The predicted octanol–water partition coefficient (Wildman–Crippen LogP) is 5.29. The molecule has 4 aromatic rings. The molecule has 5 nitrogen and oxygen atoms in total. The van der Waals surface area contributed by atoms with Crippen molar-refractivity contribution in [2.75, 3.05) is 14.2 Å². The number of fused-ring (bicyclic) bond motifs is 5. The molecule has 0 spiro atoms. The van der Waals surface area contributed by atoms with Crippen molar-refractivity contribution in [1.82, 2.24) is 4.57 Å². The van der Waals surface area contributed by atoms with E-state index in [9.17, 15) is 9.59 Å². The highest BCUT2D eigenvalue weighted by Gasteiger charge is 2.36. The number of hydrogen-bond acceptors (Lipinski definition) is 4. The molecule has 0 unspecified atom stereocenters. The molecule has 1 aliphatic heterocycles. The first-order valence-corrected chi connectivity index (χ1v) is 10.3. The maximum absolute atomic E-state index is 13.2. The van der Waals surface area contributed by atoms with Crippen LogP contribution >= 0.6 is 0 Å². The summed E-state index contributed by atoms with van der Waals surface area (Å²) in [4.78, 5) is 26.3. The Balaban J connectivity index is 2.05.